The van der Waals surface area contributed by atoms with Crippen molar-refractivity contribution in [2.75, 3.05) is 24.6 Å². The summed E-state index contributed by atoms with van der Waals surface area (Å²) in [6, 6.07) is 12.0. The highest BCUT2D eigenvalue weighted by atomic mass is 32.1. The zero-order chi connectivity index (χ0) is 19.7. The van der Waals surface area contributed by atoms with Crippen molar-refractivity contribution in [3.63, 3.8) is 0 Å². The minimum Gasteiger partial charge on any atom is -0.377 e. The van der Waals surface area contributed by atoms with Gasteiger partial charge in [-0.2, -0.15) is 0 Å². The molecule has 0 radical (unpaired) electrons. The molecular weight excluding hydrogens is 372 g/mol. The topological polar surface area (TPSA) is 49.9 Å². The van der Waals surface area contributed by atoms with Crippen molar-refractivity contribution < 1.29 is 14.3 Å². The predicted octanol–water partition coefficient (Wildman–Crippen LogP) is 3.71. The highest BCUT2D eigenvalue weighted by Gasteiger charge is 2.42. The molecule has 0 fully saturated rings. The number of hydrogen-bond acceptors (Lipinski definition) is 5. The molecule has 0 bridgehead atoms. The second kappa shape index (κ2) is 7.89. The normalized spacial score (nSPS) is 17.1. The van der Waals surface area contributed by atoms with E-state index in [0.717, 1.165) is 30.0 Å². The van der Waals surface area contributed by atoms with Gasteiger partial charge in [-0.3, -0.25) is 14.5 Å². The third-order valence-corrected chi connectivity index (χ3v) is 5.94. The standard InChI is InChI=1S/C22H24N2O3S/c1-15(2)27-13-12-24-21(25)19(18-10-6-14-28-18)20(22(24)26)23-11-5-8-16-7-3-4-9-17(16)23/h3-4,6-7,9-10,14-15H,5,8,11-13H2,1-2H3. The van der Waals surface area contributed by atoms with Crippen LogP contribution in [0.15, 0.2) is 47.5 Å². The van der Waals surface area contributed by atoms with Crippen LogP contribution in [0.4, 0.5) is 5.69 Å². The van der Waals surface area contributed by atoms with Gasteiger partial charge in [0.2, 0.25) is 0 Å². The van der Waals surface area contributed by atoms with E-state index in [4.69, 9.17) is 4.74 Å². The van der Waals surface area contributed by atoms with Gasteiger partial charge in [0.25, 0.3) is 11.8 Å². The number of carbonyl (C=O) groups excluding carboxylic acids is 2. The molecule has 5 nitrogen and oxygen atoms in total. The van der Waals surface area contributed by atoms with E-state index in [2.05, 4.69) is 6.07 Å². The van der Waals surface area contributed by atoms with E-state index in [1.165, 1.54) is 21.8 Å². The van der Waals surface area contributed by atoms with Crippen LogP contribution in [0, 0.1) is 0 Å². The molecule has 1 aromatic carbocycles. The third kappa shape index (κ3) is 3.38. The van der Waals surface area contributed by atoms with Crippen LogP contribution in [0.3, 0.4) is 0 Å². The van der Waals surface area contributed by atoms with E-state index >= 15 is 0 Å². The fourth-order valence-electron chi connectivity index (χ4n) is 3.81. The molecule has 6 heteroatoms. The fraction of sp³-hybridized carbons (Fsp3) is 0.364. The fourth-order valence-corrected chi connectivity index (χ4v) is 4.57. The lowest BCUT2D eigenvalue weighted by molar-refractivity contribution is -0.138. The summed E-state index contributed by atoms with van der Waals surface area (Å²) in [6.07, 6.45) is 2.00. The van der Waals surface area contributed by atoms with Crippen molar-refractivity contribution in [3.05, 3.63) is 57.9 Å². The van der Waals surface area contributed by atoms with Gasteiger partial charge in [-0.1, -0.05) is 24.3 Å². The first-order valence-electron chi connectivity index (χ1n) is 9.69. The first-order chi connectivity index (χ1) is 13.6. The quantitative estimate of drug-likeness (QED) is 0.699. The lowest BCUT2D eigenvalue weighted by Crippen LogP contribution is -2.39. The van der Waals surface area contributed by atoms with Crippen LogP contribution < -0.4 is 4.90 Å². The number of carbonyl (C=O) groups is 2. The molecule has 28 heavy (non-hydrogen) atoms. The van der Waals surface area contributed by atoms with Crippen LogP contribution in [-0.2, 0) is 20.7 Å². The molecular formula is C22H24N2O3S. The van der Waals surface area contributed by atoms with E-state index < -0.39 is 0 Å². The summed E-state index contributed by atoms with van der Waals surface area (Å²) in [6.45, 7) is 5.23. The minimum atomic E-state index is -0.225. The summed E-state index contributed by atoms with van der Waals surface area (Å²) >= 11 is 1.49. The minimum absolute atomic E-state index is 0.0611. The van der Waals surface area contributed by atoms with Crippen LogP contribution in [0.5, 0.6) is 0 Å². The second-order valence-electron chi connectivity index (χ2n) is 7.27. The Kier molecular flexibility index (Phi) is 5.33. The molecule has 1 aromatic heterocycles. The molecule has 0 N–H and O–H groups in total. The average Bonchev–Trinajstić information content (AvgIpc) is 3.29. The molecule has 0 atom stereocenters. The lowest BCUT2D eigenvalue weighted by atomic mass is 10.00. The summed E-state index contributed by atoms with van der Waals surface area (Å²) in [7, 11) is 0. The molecule has 0 saturated carbocycles. The van der Waals surface area contributed by atoms with E-state index in [1.54, 1.807) is 0 Å². The van der Waals surface area contributed by atoms with Crippen LogP contribution in [0.2, 0.25) is 0 Å². The number of hydrogen-bond donors (Lipinski definition) is 0. The molecule has 0 unspecified atom stereocenters. The predicted molar refractivity (Wildman–Crippen MR) is 111 cm³/mol. The number of rotatable bonds is 6. The highest BCUT2D eigenvalue weighted by Crippen LogP contribution is 2.38. The molecule has 3 heterocycles. The van der Waals surface area contributed by atoms with Gasteiger partial charge < -0.3 is 9.64 Å². The van der Waals surface area contributed by atoms with Gasteiger partial charge in [0.15, 0.2) is 0 Å². The lowest BCUT2D eigenvalue weighted by Gasteiger charge is -2.32. The van der Waals surface area contributed by atoms with Gasteiger partial charge in [-0.25, -0.2) is 0 Å². The molecule has 0 spiro atoms. The molecule has 146 valence electrons. The van der Waals surface area contributed by atoms with Gasteiger partial charge in [-0.15, -0.1) is 11.3 Å². The van der Waals surface area contributed by atoms with Crippen molar-refractivity contribution >= 4 is 34.4 Å². The molecule has 4 rings (SSSR count). The maximum atomic E-state index is 13.4. The van der Waals surface area contributed by atoms with Crippen molar-refractivity contribution in [1.82, 2.24) is 4.90 Å². The number of benzene rings is 1. The number of para-hydroxylation sites is 1. The van der Waals surface area contributed by atoms with E-state index in [9.17, 15) is 9.59 Å². The molecule has 2 aliphatic heterocycles. The number of thiophene rings is 1. The van der Waals surface area contributed by atoms with Crippen molar-refractivity contribution in [3.8, 4) is 0 Å². The van der Waals surface area contributed by atoms with Gasteiger partial charge in [0, 0.05) is 17.1 Å². The molecule has 2 aliphatic rings. The summed E-state index contributed by atoms with van der Waals surface area (Å²) < 4.78 is 5.59. The Hall–Kier alpha value is -2.44. The number of anilines is 1. The molecule has 0 saturated heterocycles. The van der Waals surface area contributed by atoms with Gasteiger partial charge in [0.05, 0.1) is 24.8 Å². The largest absolute Gasteiger partial charge is 0.377 e. The van der Waals surface area contributed by atoms with Crippen LogP contribution >= 0.6 is 11.3 Å². The van der Waals surface area contributed by atoms with Crippen LogP contribution in [0.1, 0.15) is 30.7 Å². The van der Waals surface area contributed by atoms with Gasteiger partial charge >= 0.3 is 0 Å². The number of aryl methyl sites for hydroxylation is 1. The number of ether oxygens (including phenoxy) is 1. The Morgan fingerprint density at radius 3 is 2.68 bits per heavy atom. The maximum Gasteiger partial charge on any atom is 0.278 e. The molecule has 0 aliphatic carbocycles. The highest BCUT2D eigenvalue weighted by molar-refractivity contribution is 7.11. The Morgan fingerprint density at radius 2 is 1.93 bits per heavy atom. The number of amides is 2. The zero-order valence-corrected chi connectivity index (χ0v) is 17.0. The Morgan fingerprint density at radius 1 is 1.11 bits per heavy atom. The summed E-state index contributed by atoms with van der Waals surface area (Å²) in [5.41, 5.74) is 3.26. The van der Waals surface area contributed by atoms with E-state index in [1.807, 2.05) is 54.5 Å². The Balaban J connectivity index is 1.74. The third-order valence-electron chi connectivity index (χ3n) is 5.06. The maximum absolute atomic E-state index is 13.4. The Bertz CT molecular complexity index is 918. The average molecular weight is 397 g/mol. The monoisotopic (exact) mass is 396 g/mol. The summed E-state index contributed by atoms with van der Waals surface area (Å²) in [5.74, 6) is -0.449. The SMILES string of the molecule is CC(C)OCCN1C(=O)C(c2cccs2)=C(N2CCCc3ccccc32)C1=O. The van der Waals surface area contributed by atoms with Crippen molar-refractivity contribution in [2.24, 2.45) is 0 Å². The van der Waals surface area contributed by atoms with Crippen LogP contribution in [-0.4, -0.2) is 42.5 Å². The molecule has 2 aromatic rings. The van der Waals surface area contributed by atoms with Gasteiger partial charge in [-0.05, 0) is 49.8 Å². The smallest absolute Gasteiger partial charge is 0.278 e. The first-order valence-corrected chi connectivity index (χ1v) is 10.6. The number of nitrogens with zero attached hydrogens (tertiary/aromatic N) is 2. The zero-order valence-electron chi connectivity index (χ0n) is 16.2. The number of imide groups is 1. The van der Waals surface area contributed by atoms with Crippen molar-refractivity contribution in [2.45, 2.75) is 32.8 Å². The number of fused-ring (bicyclic) bond motifs is 1. The summed E-state index contributed by atoms with van der Waals surface area (Å²) in [5, 5.41) is 1.94. The van der Waals surface area contributed by atoms with Crippen molar-refractivity contribution in [1.29, 1.82) is 0 Å². The second-order valence-corrected chi connectivity index (χ2v) is 8.21. The summed E-state index contributed by atoms with van der Waals surface area (Å²) in [4.78, 5) is 30.8. The van der Waals surface area contributed by atoms with Crippen LogP contribution in [0.25, 0.3) is 5.57 Å². The van der Waals surface area contributed by atoms with E-state index in [0.29, 0.717) is 17.9 Å². The Labute approximate surface area is 169 Å². The van der Waals surface area contributed by atoms with E-state index in [-0.39, 0.29) is 24.5 Å². The first kappa shape index (κ1) is 18.9. The van der Waals surface area contributed by atoms with Gasteiger partial charge in [0.1, 0.15) is 5.70 Å². The molecule has 2 amide bonds.